The van der Waals surface area contributed by atoms with E-state index < -0.39 is 0 Å². The molecule has 0 saturated heterocycles. The highest BCUT2D eigenvalue weighted by molar-refractivity contribution is 8.00. The molecule has 0 spiro atoms. The van der Waals surface area contributed by atoms with Gasteiger partial charge in [-0.15, -0.1) is 10.2 Å². The first-order chi connectivity index (χ1) is 12.5. The summed E-state index contributed by atoms with van der Waals surface area (Å²) in [5, 5.41) is 12.5. The Morgan fingerprint density at radius 1 is 1.12 bits per heavy atom. The monoisotopic (exact) mass is 370 g/mol. The molecule has 0 aliphatic heterocycles. The van der Waals surface area contributed by atoms with Gasteiger partial charge in [-0.05, 0) is 56.2 Å². The maximum absolute atomic E-state index is 12.6. The van der Waals surface area contributed by atoms with Crippen LogP contribution in [0.25, 0.3) is 0 Å². The predicted octanol–water partition coefficient (Wildman–Crippen LogP) is 4.73. The third-order valence-corrected chi connectivity index (χ3v) is 6.10. The molecule has 2 aliphatic carbocycles. The largest absolute Gasteiger partial charge is 0.325 e. The van der Waals surface area contributed by atoms with Crippen LogP contribution in [0, 0.1) is 0 Å². The molecule has 5 nitrogen and oxygen atoms in total. The Hall–Kier alpha value is -1.82. The molecule has 0 unspecified atom stereocenters. The minimum Gasteiger partial charge on any atom is -0.325 e. The van der Waals surface area contributed by atoms with E-state index in [9.17, 15) is 4.79 Å². The van der Waals surface area contributed by atoms with Crippen molar-refractivity contribution in [3.63, 3.8) is 0 Å². The van der Waals surface area contributed by atoms with Gasteiger partial charge in [-0.2, -0.15) is 0 Å². The van der Waals surface area contributed by atoms with Crippen molar-refractivity contribution in [3.05, 3.63) is 35.7 Å². The van der Waals surface area contributed by atoms with Crippen molar-refractivity contribution in [2.24, 2.45) is 0 Å². The van der Waals surface area contributed by atoms with Gasteiger partial charge in [0.05, 0.1) is 5.25 Å². The average Bonchev–Trinajstić information content (AvgIpc) is 3.54. The number of rotatable bonds is 7. The summed E-state index contributed by atoms with van der Waals surface area (Å²) in [5.74, 6) is 2.21. The summed E-state index contributed by atoms with van der Waals surface area (Å²) in [7, 11) is 0. The predicted molar refractivity (Wildman–Crippen MR) is 105 cm³/mol. The zero-order valence-corrected chi connectivity index (χ0v) is 16.4. The number of amides is 1. The summed E-state index contributed by atoms with van der Waals surface area (Å²) < 4.78 is 2.30. The minimum atomic E-state index is -0.214. The molecule has 2 aliphatic rings. The summed E-state index contributed by atoms with van der Waals surface area (Å²) in [4.78, 5) is 12.6. The number of aromatic nitrogens is 3. The summed E-state index contributed by atoms with van der Waals surface area (Å²) in [5.41, 5.74) is 2.12. The third-order valence-electron chi connectivity index (χ3n) is 5.04. The summed E-state index contributed by atoms with van der Waals surface area (Å²) in [6.45, 7) is 6.27. The van der Waals surface area contributed by atoms with Crippen LogP contribution in [0.1, 0.15) is 75.7 Å². The number of nitrogens with zero attached hydrogens (tertiary/aromatic N) is 3. The summed E-state index contributed by atoms with van der Waals surface area (Å²) in [6, 6.07) is 8.64. The molecule has 26 heavy (non-hydrogen) atoms. The minimum absolute atomic E-state index is 0.00520. The molecule has 2 saturated carbocycles. The smallest absolute Gasteiger partial charge is 0.237 e. The highest BCUT2D eigenvalue weighted by Gasteiger charge is 2.37. The van der Waals surface area contributed by atoms with Gasteiger partial charge < -0.3 is 9.88 Å². The van der Waals surface area contributed by atoms with Gasteiger partial charge in [0.25, 0.3) is 0 Å². The maximum atomic E-state index is 12.6. The van der Waals surface area contributed by atoms with Crippen LogP contribution >= 0.6 is 11.8 Å². The number of carbonyl (C=O) groups excluding carboxylic acids is 1. The lowest BCUT2D eigenvalue weighted by Gasteiger charge is -2.14. The second-order valence-corrected chi connectivity index (χ2v) is 9.05. The molecule has 2 aromatic rings. The van der Waals surface area contributed by atoms with Gasteiger partial charge in [0.1, 0.15) is 5.82 Å². The molecule has 1 atom stereocenters. The fourth-order valence-electron chi connectivity index (χ4n) is 3.07. The molecule has 1 amide bonds. The fourth-order valence-corrected chi connectivity index (χ4v) is 4.00. The average molecular weight is 371 g/mol. The van der Waals surface area contributed by atoms with E-state index in [4.69, 9.17) is 0 Å². The van der Waals surface area contributed by atoms with Crippen LogP contribution in [-0.4, -0.2) is 25.9 Å². The molecule has 138 valence electrons. The number of nitrogens with one attached hydrogen (secondary N) is 1. The van der Waals surface area contributed by atoms with E-state index in [1.54, 1.807) is 0 Å². The zero-order chi connectivity index (χ0) is 18.3. The molecule has 1 aromatic heterocycles. The Balaban J connectivity index is 1.41. The first-order valence-corrected chi connectivity index (χ1v) is 10.4. The number of benzene rings is 1. The van der Waals surface area contributed by atoms with Gasteiger partial charge in [0.15, 0.2) is 5.16 Å². The van der Waals surface area contributed by atoms with E-state index in [1.807, 2.05) is 19.1 Å². The Bertz CT molecular complexity index is 791. The van der Waals surface area contributed by atoms with E-state index in [0.29, 0.717) is 17.9 Å². The highest BCUT2D eigenvalue weighted by Crippen LogP contribution is 2.46. The van der Waals surface area contributed by atoms with E-state index in [1.165, 1.54) is 43.0 Å². The van der Waals surface area contributed by atoms with Gasteiger partial charge in [-0.3, -0.25) is 4.79 Å². The lowest BCUT2D eigenvalue weighted by Crippen LogP contribution is -2.23. The van der Waals surface area contributed by atoms with Crippen molar-refractivity contribution in [2.45, 2.75) is 74.7 Å². The first-order valence-electron chi connectivity index (χ1n) is 9.55. The van der Waals surface area contributed by atoms with Crippen molar-refractivity contribution >= 4 is 23.4 Å². The molecule has 1 aromatic carbocycles. The zero-order valence-electron chi connectivity index (χ0n) is 15.6. The number of hydrogen-bond acceptors (Lipinski definition) is 4. The van der Waals surface area contributed by atoms with Crippen molar-refractivity contribution < 1.29 is 4.79 Å². The molecule has 0 bridgehead atoms. The van der Waals surface area contributed by atoms with Crippen molar-refractivity contribution in [1.82, 2.24) is 14.8 Å². The Labute approximate surface area is 159 Å². The van der Waals surface area contributed by atoms with Crippen LogP contribution in [0.3, 0.4) is 0 Å². The third kappa shape index (κ3) is 3.80. The normalized spacial score (nSPS) is 18.2. The van der Waals surface area contributed by atoms with Crippen molar-refractivity contribution in [3.8, 4) is 0 Å². The SMILES string of the molecule is CC(C)c1ccc(NC(=O)[C@H](C)Sc2nnc(C3CC3)n2C2CC2)cc1. The number of hydrogen-bond donors (Lipinski definition) is 1. The second kappa shape index (κ2) is 7.06. The van der Waals surface area contributed by atoms with Crippen LogP contribution < -0.4 is 5.32 Å². The van der Waals surface area contributed by atoms with Crippen molar-refractivity contribution in [1.29, 1.82) is 0 Å². The van der Waals surface area contributed by atoms with Crippen LogP contribution in [0.5, 0.6) is 0 Å². The van der Waals surface area contributed by atoms with E-state index in [2.05, 4.69) is 46.1 Å². The number of anilines is 1. The van der Waals surface area contributed by atoms with Crippen molar-refractivity contribution in [2.75, 3.05) is 5.32 Å². The van der Waals surface area contributed by atoms with Gasteiger partial charge in [0.2, 0.25) is 5.91 Å². The molecule has 1 N–H and O–H groups in total. The fraction of sp³-hybridized carbons (Fsp3) is 0.550. The molecule has 0 radical (unpaired) electrons. The van der Waals surface area contributed by atoms with Crippen LogP contribution in [0.15, 0.2) is 29.4 Å². The molecule has 1 heterocycles. The molecule has 4 rings (SSSR count). The van der Waals surface area contributed by atoms with Crippen LogP contribution in [0.2, 0.25) is 0 Å². The summed E-state index contributed by atoms with van der Waals surface area (Å²) >= 11 is 1.52. The number of carbonyl (C=O) groups is 1. The quantitative estimate of drug-likeness (QED) is 0.716. The molecule has 6 heteroatoms. The van der Waals surface area contributed by atoms with Gasteiger partial charge in [0, 0.05) is 17.6 Å². The lowest BCUT2D eigenvalue weighted by atomic mass is 10.0. The molecular formula is C20H26N4OS. The molecular weight excluding hydrogens is 344 g/mol. The van der Waals surface area contributed by atoms with E-state index >= 15 is 0 Å². The summed E-state index contributed by atoms with van der Waals surface area (Å²) in [6.07, 6.45) is 4.85. The Morgan fingerprint density at radius 3 is 2.38 bits per heavy atom. The van der Waals surface area contributed by atoms with Gasteiger partial charge in [-0.1, -0.05) is 37.7 Å². The van der Waals surface area contributed by atoms with E-state index in [0.717, 1.165) is 16.7 Å². The van der Waals surface area contributed by atoms with Crippen LogP contribution in [-0.2, 0) is 4.79 Å². The number of thioether (sulfide) groups is 1. The standard InChI is InChI=1S/C20H26N4OS/c1-12(2)14-6-8-16(9-7-14)21-19(25)13(3)26-20-23-22-18(15-4-5-15)24(20)17-10-11-17/h6-9,12-13,15,17H,4-5,10-11H2,1-3H3,(H,21,25)/t13-/m0/s1. The first kappa shape index (κ1) is 17.6. The Kier molecular flexibility index (Phi) is 4.78. The maximum Gasteiger partial charge on any atom is 0.237 e. The highest BCUT2D eigenvalue weighted by atomic mass is 32.2. The topological polar surface area (TPSA) is 59.8 Å². The van der Waals surface area contributed by atoms with E-state index in [-0.39, 0.29) is 11.2 Å². The lowest BCUT2D eigenvalue weighted by molar-refractivity contribution is -0.115. The van der Waals surface area contributed by atoms with Gasteiger partial charge in [-0.25, -0.2) is 0 Å². The van der Waals surface area contributed by atoms with Gasteiger partial charge >= 0.3 is 0 Å². The second-order valence-electron chi connectivity index (χ2n) is 7.74. The Morgan fingerprint density at radius 2 is 1.81 bits per heavy atom. The molecule has 2 fully saturated rings. The van der Waals surface area contributed by atoms with Crippen LogP contribution in [0.4, 0.5) is 5.69 Å².